The summed E-state index contributed by atoms with van der Waals surface area (Å²) in [7, 11) is 0. The van der Waals surface area contributed by atoms with E-state index in [9.17, 15) is 4.79 Å². The van der Waals surface area contributed by atoms with Gasteiger partial charge in [0.2, 0.25) is 0 Å². The number of hydrogen-bond donors (Lipinski definition) is 2. The fourth-order valence-corrected chi connectivity index (χ4v) is 4.87. The number of nitrogens with zero attached hydrogens (tertiary/aromatic N) is 3. The molecule has 0 bridgehead atoms. The number of benzene rings is 2. The Balaban J connectivity index is 1.38. The number of anilines is 1. The topological polar surface area (TPSA) is 83.6 Å². The second-order valence-electron chi connectivity index (χ2n) is 7.43. The SMILES string of the molecule is O=C(Nc1c(Cl)cncc1Cl)c1ccccc1Sc1ccc2c(/C=C/c3ccccn3)n[nH]c2c1. The molecule has 0 aliphatic carbocycles. The minimum Gasteiger partial charge on any atom is -0.319 e. The van der Waals surface area contributed by atoms with Gasteiger partial charge < -0.3 is 5.32 Å². The molecule has 172 valence electrons. The molecule has 9 heteroatoms. The zero-order valence-electron chi connectivity index (χ0n) is 18.1. The number of halogens is 2. The minimum absolute atomic E-state index is 0.272. The quantitative estimate of drug-likeness (QED) is 0.248. The number of nitrogens with one attached hydrogen (secondary N) is 2. The normalized spacial score (nSPS) is 11.3. The van der Waals surface area contributed by atoms with Crippen LogP contribution in [0, 0.1) is 0 Å². The second kappa shape index (κ2) is 10.3. The molecule has 5 aromatic rings. The van der Waals surface area contributed by atoms with Gasteiger partial charge in [-0.15, -0.1) is 0 Å². The molecule has 2 N–H and O–H groups in total. The highest BCUT2D eigenvalue weighted by Gasteiger charge is 2.16. The smallest absolute Gasteiger partial charge is 0.256 e. The first kappa shape index (κ1) is 23.1. The Morgan fingerprint density at radius 3 is 2.57 bits per heavy atom. The Bertz CT molecular complexity index is 1530. The molecule has 3 heterocycles. The van der Waals surface area contributed by atoms with Crippen LogP contribution >= 0.6 is 35.0 Å². The minimum atomic E-state index is -0.312. The Hall–Kier alpha value is -3.65. The first-order chi connectivity index (χ1) is 17.1. The van der Waals surface area contributed by atoms with Gasteiger partial charge >= 0.3 is 0 Å². The van der Waals surface area contributed by atoms with Gasteiger partial charge in [-0.2, -0.15) is 5.10 Å². The summed E-state index contributed by atoms with van der Waals surface area (Å²) in [6.07, 6.45) is 8.48. The molecule has 0 fully saturated rings. The Labute approximate surface area is 215 Å². The summed E-state index contributed by atoms with van der Waals surface area (Å²) in [5.41, 5.74) is 3.42. The molecule has 3 aromatic heterocycles. The van der Waals surface area contributed by atoms with Gasteiger partial charge in [-0.05, 0) is 54.6 Å². The molecule has 0 saturated carbocycles. The number of carbonyl (C=O) groups is 1. The molecule has 0 unspecified atom stereocenters. The lowest BCUT2D eigenvalue weighted by atomic mass is 10.2. The molecule has 0 saturated heterocycles. The summed E-state index contributed by atoms with van der Waals surface area (Å²) < 4.78 is 0. The number of hydrogen-bond acceptors (Lipinski definition) is 5. The molecule has 2 aromatic carbocycles. The number of aromatic nitrogens is 4. The third kappa shape index (κ3) is 5.22. The lowest BCUT2D eigenvalue weighted by molar-refractivity contribution is 0.102. The van der Waals surface area contributed by atoms with Gasteiger partial charge in [0.15, 0.2) is 0 Å². The van der Waals surface area contributed by atoms with E-state index in [4.69, 9.17) is 23.2 Å². The summed E-state index contributed by atoms with van der Waals surface area (Å²) in [6, 6.07) is 19.1. The van der Waals surface area contributed by atoms with Crippen LogP contribution in [-0.4, -0.2) is 26.1 Å². The van der Waals surface area contributed by atoms with Crippen molar-refractivity contribution in [2.24, 2.45) is 0 Å². The summed E-state index contributed by atoms with van der Waals surface area (Å²) in [6.45, 7) is 0. The summed E-state index contributed by atoms with van der Waals surface area (Å²) >= 11 is 13.8. The van der Waals surface area contributed by atoms with Crippen LogP contribution < -0.4 is 5.32 Å². The Morgan fingerprint density at radius 2 is 1.77 bits per heavy atom. The van der Waals surface area contributed by atoms with Crippen LogP contribution in [0.5, 0.6) is 0 Å². The van der Waals surface area contributed by atoms with Crippen molar-refractivity contribution in [3.05, 3.63) is 106 Å². The maximum atomic E-state index is 13.0. The monoisotopic (exact) mass is 517 g/mol. The predicted molar refractivity (Wildman–Crippen MR) is 142 cm³/mol. The van der Waals surface area contributed by atoms with Crippen molar-refractivity contribution in [1.29, 1.82) is 0 Å². The molecule has 1 amide bonds. The molecular weight excluding hydrogens is 501 g/mol. The van der Waals surface area contributed by atoms with Crippen LogP contribution in [0.3, 0.4) is 0 Å². The predicted octanol–water partition coefficient (Wildman–Crippen LogP) is 7.23. The van der Waals surface area contributed by atoms with Gasteiger partial charge in [0.05, 0.1) is 38.2 Å². The van der Waals surface area contributed by atoms with E-state index in [2.05, 4.69) is 25.5 Å². The fraction of sp³-hybridized carbons (Fsp3) is 0. The standard InChI is InChI=1S/C26H17Cl2N5OS/c27-20-14-29-15-21(28)25(20)31-26(34)19-6-1-2-7-24(19)35-17-9-10-18-22(32-33-23(18)13-17)11-8-16-5-3-4-12-30-16/h1-15H,(H,32,33)(H,29,31,34)/b11-8+. The molecule has 6 nitrogen and oxygen atoms in total. The van der Waals surface area contributed by atoms with Gasteiger partial charge in [-0.3, -0.25) is 19.9 Å². The number of H-pyrrole nitrogens is 1. The molecule has 0 aliphatic heterocycles. The van der Waals surface area contributed by atoms with Gasteiger partial charge in [-0.1, -0.05) is 53.2 Å². The maximum absolute atomic E-state index is 13.0. The number of aromatic amines is 1. The highest BCUT2D eigenvalue weighted by molar-refractivity contribution is 7.99. The molecule has 0 radical (unpaired) electrons. The molecule has 5 rings (SSSR count). The Morgan fingerprint density at radius 1 is 0.971 bits per heavy atom. The largest absolute Gasteiger partial charge is 0.319 e. The lowest BCUT2D eigenvalue weighted by Crippen LogP contribution is -2.13. The van der Waals surface area contributed by atoms with E-state index in [0.717, 1.165) is 32.1 Å². The molecule has 0 atom stereocenters. The molecule has 0 aliphatic rings. The average Bonchev–Trinajstić information content (AvgIpc) is 3.28. The van der Waals surface area contributed by atoms with Gasteiger partial charge in [0, 0.05) is 33.8 Å². The summed E-state index contributed by atoms with van der Waals surface area (Å²) in [4.78, 5) is 23.0. The number of rotatable bonds is 6. The number of pyridine rings is 2. The van der Waals surface area contributed by atoms with Gasteiger partial charge in [0.1, 0.15) is 0 Å². The van der Waals surface area contributed by atoms with E-state index in [1.807, 2.05) is 66.7 Å². The second-order valence-corrected chi connectivity index (χ2v) is 9.36. The van der Waals surface area contributed by atoms with Crippen molar-refractivity contribution >= 4 is 69.6 Å². The maximum Gasteiger partial charge on any atom is 0.256 e. The zero-order chi connectivity index (χ0) is 24.2. The van der Waals surface area contributed by atoms with Gasteiger partial charge in [0.25, 0.3) is 5.91 Å². The first-order valence-electron chi connectivity index (χ1n) is 10.5. The van der Waals surface area contributed by atoms with Crippen molar-refractivity contribution < 1.29 is 4.79 Å². The van der Waals surface area contributed by atoms with Crippen LogP contribution in [0.25, 0.3) is 23.1 Å². The van der Waals surface area contributed by atoms with Crippen molar-refractivity contribution in [3.8, 4) is 0 Å². The molecule has 35 heavy (non-hydrogen) atoms. The number of fused-ring (bicyclic) bond motifs is 1. The highest BCUT2D eigenvalue weighted by atomic mass is 35.5. The van der Waals surface area contributed by atoms with E-state index in [-0.39, 0.29) is 16.0 Å². The van der Waals surface area contributed by atoms with Crippen LogP contribution in [0.1, 0.15) is 21.7 Å². The van der Waals surface area contributed by atoms with Crippen molar-refractivity contribution in [3.63, 3.8) is 0 Å². The number of amides is 1. The third-order valence-corrected chi connectivity index (χ3v) is 6.75. The van der Waals surface area contributed by atoms with E-state index in [1.165, 1.54) is 24.2 Å². The zero-order valence-corrected chi connectivity index (χ0v) is 20.4. The first-order valence-corrected chi connectivity index (χ1v) is 12.1. The van der Waals surface area contributed by atoms with Crippen molar-refractivity contribution in [2.45, 2.75) is 9.79 Å². The van der Waals surface area contributed by atoms with Crippen molar-refractivity contribution in [2.75, 3.05) is 5.32 Å². The number of carbonyl (C=O) groups excluding carboxylic acids is 1. The highest BCUT2D eigenvalue weighted by Crippen LogP contribution is 2.34. The van der Waals surface area contributed by atoms with E-state index < -0.39 is 0 Å². The van der Waals surface area contributed by atoms with E-state index in [0.29, 0.717) is 11.3 Å². The van der Waals surface area contributed by atoms with E-state index >= 15 is 0 Å². The van der Waals surface area contributed by atoms with Crippen molar-refractivity contribution in [1.82, 2.24) is 20.2 Å². The van der Waals surface area contributed by atoms with Crippen LogP contribution in [0.2, 0.25) is 10.0 Å². The summed E-state index contributed by atoms with van der Waals surface area (Å²) in [5, 5.41) is 11.8. The third-order valence-electron chi connectivity index (χ3n) is 5.11. The van der Waals surface area contributed by atoms with Crippen LogP contribution in [0.15, 0.2) is 89.0 Å². The lowest BCUT2D eigenvalue weighted by Gasteiger charge is -2.12. The molecular formula is C26H17Cl2N5OS. The van der Waals surface area contributed by atoms with E-state index in [1.54, 1.807) is 12.3 Å². The fourth-order valence-electron chi connectivity index (χ4n) is 3.43. The average molecular weight is 518 g/mol. The van der Waals surface area contributed by atoms with Crippen LogP contribution in [-0.2, 0) is 0 Å². The van der Waals surface area contributed by atoms with Gasteiger partial charge in [-0.25, -0.2) is 0 Å². The molecule has 0 spiro atoms. The van der Waals surface area contributed by atoms with Crippen LogP contribution in [0.4, 0.5) is 5.69 Å². The Kier molecular flexibility index (Phi) is 6.81. The summed E-state index contributed by atoms with van der Waals surface area (Å²) in [5.74, 6) is -0.312.